The van der Waals surface area contributed by atoms with E-state index in [0.717, 1.165) is 28.9 Å². The number of carbonyl (C=O) groups excluding carboxylic acids is 1. The molecular weight excluding hydrogens is 635 g/mol. The zero-order chi connectivity index (χ0) is 38.0. The second-order valence-corrected chi connectivity index (χ2v) is 14.6. The number of alkyl carbamates (subject to hydrolysis) is 1. The summed E-state index contributed by atoms with van der Waals surface area (Å²) in [6.45, 7) is 32.4. The third-order valence-electron chi connectivity index (χ3n) is 7.38. The maximum absolute atomic E-state index is 10.8. The van der Waals surface area contributed by atoms with Crippen LogP contribution in [0.5, 0.6) is 0 Å². The lowest BCUT2D eigenvalue weighted by Gasteiger charge is -2.24. The molecule has 6 rings (SSSR count). The minimum Gasteiger partial charge on any atom is -0.445 e. The molecule has 1 heterocycles. The maximum Gasteiger partial charge on any atom is 0.407 e. The van der Waals surface area contributed by atoms with Gasteiger partial charge in [-0.15, -0.1) is 0 Å². The Kier molecular flexibility index (Phi) is 51.2. The molecule has 2 atom stereocenters. The summed E-state index contributed by atoms with van der Waals surface area (Å²) in [7, 11) is 0. The number of hydrogen-bond donors (Lipinski definition) is 1. The first-order valence-electron chi connectivity index (χ1n) is 20.5. The maximum atomic E-state index is 10.8. The van der Waals surface area contributed by atoms with Gasteiger partial charge in [0.15, 0.2) is 0 Å². The van der Waals surface area contributed by atoms with Crippen molar-refractivity contribution in [3.8, 4) is 0 Å². The molecular formula is C49H97NO2. The fourth-order valence-corrected chi connectivity index (χ4v) is 5.60. The van der Waals surface area contributed by atoms with Crippen LogP contribution in [0, 0.1) is 29.6 Å². The van der Waals surface area contributed by atoms with Crippen molar-refractivity contribution in [2.75, 3.05) is 0 Å². The van der Waals surface area contributed by atoms with Crippen LogP contribution in [0.2, 0.25) is 0 Å². The number of cyclic esters (lactones) is 1. The summed E-state index contributed by atoms with van der Waals surface area (Å²) in [4.78, 5) is 10.8. The van der Waals surface area contributed by atoms with Gasteiger partial charge in [-0.05, 0) is 77.5 Å². The lowest BCUT2D eigenvalue weighted by molar-refractivity contribution is 0.143. The van der Waals surface area contributed by atoms with Crippen molar-refractivity contribution >= 4 is 6.09 Å². The van der Waals surface area contributed by atoms with E-state index in [9.17, 15) is 4.79 Å². The van der Waals surface area contributed by atoms with Crippen LogP contribution in [0.15, 0.2) is 48.5 Å². The fourth-order valence-electron chi connectivity index (χ4n) is 5.60. The Bertz CT molecular complexity index is 892. The molecule has 3 nitrogen and oxygen atoms in total. The topological polar surface area (TPSA) is 38.3 Å². The van der Waals surface area contributed by atoms with Crippen LogP contribution in [-0.2, 0) is 30.7 Å². The normalized spacial score (nSPS) is 16.5. The molecule has 0 radical (unpaired) electrons. The lowest BCUT2D eigenvalue weighted by atomic mass is 9.82. The van der Waals surface area contributed by atoms with E-state index in [4.69, 9.17) is 4.74 Å². The number of hydrogen-bond acceptors (Lipinski definition) is 2. The molecule has 2 unspecified atom stereocenters. The first-order chi connectivity index (χ1) is 23.5. The van der Waals surface area contributed by atoms with E-state index >= 15 is 0 Å². The Labute approximate surface area is 330 Å². The van der Waals surface area contributed by atoms with E-state index in [1.165, 1.54) is 56.8 Å². The summed E-state index contributed by atoms with van der Waals surface area (Å²) in [6.07, 6.45) is 15.9. The number of nitrogens with one attached hydrogen (secondary N) is 1. The predicted molar refractivity (Wildman–Crippen MR) is 242 cm³/mol. The minimum atomic E-state index is -0.341. The molecule has 3 aliphatic carbocycles. The highest BCUT2D eigenvalue weighted by Gasteiger charge is 2.28. The third-order valence-corrected chi connectivity index (χ3v) is 7.38. The van der Waals surface area contributed by atoms with Crippen molar-refractivity contribution in [3.05, 3.63) is 70.8 Å². The smallest absolute Gasteiger partial charge is 0.407 e. The van der Waals surface area contributed by atoms with Gasteiger partial charge in [-0.2, -0.15) is 0 Å². The van der Waals surface area contributed by atoms with Crippen molar-refractivity contribution in [1.29, 1.82) is 0 Å². The number of benzene rings is 2. The van der Waals surface area contributed by atoms with Crippen LogP contribution in [0.3, 0.4) is 0 Å². The molecule has 52 heavy (non-hydrogen) atoms. The van der Waals surface area contributed by atoms with Crippen molar-refractivity contribution in [3.63, 3.8) is 0 Å². The van der Waals surface area contributed by atoms with E-state index in [1.807, 2.05) is 65.8 Å². The number of carbonyl (C=O) groups is 1. The first kappa shape index (κ1) is 61.7. The van der Waals surface area contributed by atoms with Gasteiger partial charge in [0.05, 0.1) is 0 Å². The zero-order valence-electron chi connectivity index (χ0n) is 35.5. The van der Waals surface area contributed by atoms with Crippen LogP contribution in [0.4, 0.5) is 4.79 Å². The van der Waals surface area contributed by atoms with Gasteiger partial charge >= 0.3 is 6.09 Å². The second kappa shape index (κ2) is 43.1. The van der Waals surface area contributed by atoms with E-state index in [-0.39, 0.29) is 28.4 Å². The van der Waals surface area contributed by atoms with Crippen LogP contribution in [-0.4, -0.2) is 6.09 Å². The van der Waals surface area contributed by atoms with Gasteiger partial charge in [0.25, 0.3) is 0 Å². The molecule has 2 fully saturated rings. The zero-order valence-corrected chi connectivity index (χ0v) is 35.5. The van der Waals surface area contributed by atoms with Crippen LogP contribution in [0.1, 0.15) is 206 Å². The molecule has 0 bridgehead atoms. The van der Waals surface area contributed by atoms with Gasteiger partial charge in [0, 0.05) is 6.54 Å². The Hall–Kier alpha value is -2.29. The van der Waals surface area contributed by atoms with Crippen molar-refractivity contribution < 1.29 is 9.53 Å². The summed E-state index contributed by atoms with van der Waals surface area (Å²) >= 11 is 0. The molecule has 2 aromatic carbocycles. The minimum absolute atomic E-state index is 0. The van der Waals surface area contributed by atoms with Gasteiger partial charge in [-0.25, -0.2) is 4.79 Å². The molecule has 4 aliphatic rings. The molecule has 3 heteroatoms. The molecule has 2 aromatic rings. The molecule has 1 aliphatic heterocycles. The Balaban J connectivity index is -0.000000123. The van der Waals surface area contributed by atoms with Crippen molar-refractivity contribution in [2.24, 2.45) is 29.6 Å². The average Bonchev–Trinajstić information content (AvgIpc) is 3.50. The largest absolute Gasteiger partial charge is 0.445 e. The van der Waals surface area contributed by atoms with E-state index in [0.29, 0.717) is 13.2 Å². The summed E-state index contributed by atoms with van der Waals surface area (Å²) < 4.78 is 4.88. The highest BCUT2D eigenvalue weighted by molar-refractivity contribution is 5.67. The first-order valence-corrected chi connectivity index (χ1v) is 20.5. The Morgan fingerprint density at radius 3 is 1.17 bits per heavy atom. The number of ether oxygens (including phenoxy) is 1. The van der Waals surface area contributed by atoms with Crippen LogP contribution < -0.4 is 5.32 Å². The predicted octanol–water partition coefficient (Wildman–Crippen LogP) is 16.9. The Morgan fingerprint density at radius 2 is 0.808 bits per heavy atom. The Morgan fingerprint density at radius 1 is 0.500 bits per heavy atom. The number of fused-ring (bicyclic) bond motifs is 3. The summed E-state index contributed by atoms with van der Waals surface area (Å²) in [6, 6.07) is 16.7. The van der Waals surface area contributed by atoms with Crippen molar-refractivity contribution in [1.82, 2.24) is 5.32 Å². The quantitative estimate of drug-likeness (QED) is 0.293. The van der Waals surface area contributed by atoms with Gasteiger partial charge in [0.1, 0.15) is 6.61 Å². The molecule has 0 aromatic heterocycles. The fraction of sp³-hybridized carbons (Fsp3) is 0.735. The molecule has 0 saturated heterocycles. The highest BCUT2D eigenvalue weighted by Crippen LogP contribution is 2.41. The molecule has 0 spiro atoms. The van der Waals surface area contributed by atoms with Gasteiger partial charge in [-0.3, -0.25) is 0 Å². The van der Waals surface area contributed by atoms with Gasteiger partial charge in [-0.1, -0.05) is 220 Å². The molecule has 2 saturated carbocycles. The highest BCUT2D eigenvalue weighted by atomic mass is 16.5. The number of amides is 1. The number of aryl methyl sites for hydroxylation is 2. The summed E-state index contributed by atoms with van der Waals surface area (Å²) in [5.41, 5.74) is 5.36. The van der Waals surface area contributed by atoms with Gasteiger partial charge < -0.3 is 10.1 Å². The number of rotatable bonds is 0. The molecule has 1 N–H and O–H groups in total. The molecule has 310 valence electrons. The lowest BCUT2D eigenvalue weighted by Crippen LogP contribution is -2.20. The van der Waals surface area contributed by atoms with Crippen LogP contribution in [0.25, 0.3) is 0 Å². The van der Waals surface area contributed by atoms with Crippen molar-refractivity contribution in [2.45, 2.75) is 210 Å². The summed E-state index contributed by atoms with van der Waals surface area (Å²) in [5, 5.41) is 2.64. The summed E-state index contributed by atoms with van der Waals surface area (Å²) in [5.74, 6) is 4.83. The van der Waals surface area contributed by atoms with Gasteiger partial charge in [0.2, 0.25) is 0 Å². The molecule has 1 amide bonds. The second-order valence-electron chi connectivity index (χ2n) is 14.6. The van der Waals surface area contributed by atoms with Crippen LogP contribution >= 0.6 is 0 Å². The monoisotopic (exact) mass is 732 g/mol. The van der Waals surface area contributed by atoms with E-state index in [1.54, 1.807) is 36.8 Å². The van der Waals surface area contributed by atoms with E-state index < -0.39 is 0 Å². The SMILES string of the molecule is C.C.C.C1CCC2CCCC2C1.CC.CC.CC.CC(C)C.CC(C)C.CC(C)C.O=C1NCc2ccccc2CO1.c1ccc2c(c1)CCCC2. The van der Waals surface area contributed by atoms with E-state index in [2.05, 4.69) is 91.9 Å². The standard InChI is InChI=1S/C10H12.C9H9NO2.C9H16.3C4H10.3C2H6.3CH4/c1-2-6-10-8-4-3-7-9(10)5-1;11-9-10-5-7-3-1-2-4-8(7)6-12-9;1-2-5-9-7-3-6-8(9)4-1;3*1-4(2)3;3*1-2;;;/h1-2,5-6H,3-4,7-8H2;1-4H,5-6H2,(H,10,11);8-9H,1-7H2;3*4H,1-3H3;3*1-2H3;3*1H4. The third kappa shape index (κ3) is 36.1. The average molecular weight is 732 g/mol.